The number of carbonyl (C=O) groups excluding carboxylic acids is 1. The fourth-order valence-corrected chi connectivity index (χ4v) is 3.27. The van der Waals surface area contributed by atoms with Gasteiger partial charge in [-0.2, -0.15) is 0 Å². The lowest BCUT2D eigenvalue weighted by molar-refractivity contribution is -0.125. The highest BCUT2D eigenvalue weighted by molar-refractivity contribution is 7.13. The molecule has 1 unspecified atom stereocenters. The number of carboxylic acids is 1. The van der Waals surface area contributed by atoms with Crippen molar-refractivity contribution in [2.24, 2.45) is 11.8 Å². The monoisotopic (exact) mass is 330 g/mol. The Balaban J connectivity index is 1.66. The summed E-state index contributed by atoms with van der Waals surface area (Å²) in [7, 11) is 0. The van der Waals surface area contributed by atoms with E-state index < -0.39 is 5.97 Å². The van der Waals surface area contributed by atoms with Gasteiger partial charge in [0.1, 0.15) is 5.01 Å². The summed E-state index contributed by atoms with van der Waals surface area (Å²) in [5.41, 5.74) is 1.90. The maximum absolute atomic E-state index is 12.0. The molecule has 1 atom stereocenters. The molecule has 1 heterocycles. The van der Waals surface area contributed by atoms with Gasteiger partial charge in [-0.3, -0.25) is 4.79 Å². The smallest absolute Gasteiger partial charge is 0.355 e. The molecule has 0 aliphatic heterocycles. The Kier molecular flexibility index (Phi) is 4.43. The largest absolute Gasteiger partial charge is 0.476 e. The molecule has 1 aliphatic rings. The summed E-state index contributed by atoms with van der Waals surface area (Å²) in [6.45, 7) is 2.45. The molecule has 6 heteroatoms. The number of benzene rings is 1. The van der Waals surface area contributed by atoms with E-state index in [9.17, 15) is 9.59 Å². The van der Waals surface area contributed by atoms with Gasteiger partial charge in [0.25, 0.3) is 0 Å². The molecule has 23 heavy (non-hydrogen) atoms. The fourth-order valence-electron chi connectivity index (χ4n) is 2.48. The molecule has 2 N–H and O–H groups in total. The number of nitrogens with one attached hydrogen (secondary N) is 1. The van der Waals surface area contributed by atoms with Gasteiger partial charge < -0.3 is 10.4 Å². The van der Waals surface area contributed by atoms with Crippen LogP contribution in [0.5, 0.6) is 0 Å². The Morgan fingerprint density at radius 3 is 2.87 bits per heavy atom. The lowest BCUT2D eigenvalue weighted by Crippen LogP contribution is -2.29. The van der Waals surface area contributed by atoms with Gasteiger partial charge >= 0.3 is 5.97 Å². The van der Waals surface area contributed by atoms with Gasteiger partial charge in [0, 0.05) is 23.4 Å². The minimum atomic E-state index is -1.02. The van der Waals surface area contributed by atoms with Crippen molar-refractivity contribution in [3.63, 3.8) is 0 Å². The van der Waals surface area contributed by atoms with Gasteiger partial charge in [-0.1, -0.05) is 25.1 Å². The van der Waals surface area contributed by atoms with Gasteiger partial charge in [0.05, 0.1) is 0 Å². The number of nitrogens with zero attached hydrogens (tertiary/aromatic N) is 1. The topological polar surface area (TPSA) is 79.3 Å². The fraction of sp³-hybridized carbons (Fsp3) is 0.353. The van der Waals surface area contributed by atoms with Crippen molar-refractivity contribution in [1.82, 2.24) is 10.3 Å². The maximum atomic E-state index is 12.0. The van der Waals surface area contributed by atoms with Crippen LogP contribution in [0.25, 0.3) is 10.6 Å². The number of rotatable bonds is 6. The molecule has 3 rings (SSSR count). The highest BCUT2D eigenvalue weighted by Gasteiger charge is 2.32. The first-order valence-corrected chi connectivity index (χ1v) is 8.48. The summed E-state index contributed by atoms with van der Waals surface area (Å²) in [6, 6.07) is 7.66. The number of carbonyl (C=O) groups is 2. The number of hydrogen-bond donors (Lipinski definition) is 2. The molecule has 0 bridgehead atoms. The molecule has 1 fully saturated rings. The Hall–Kier alpha value is -2.21. The molecule has 0 spiro atoms. The van der Waals surface area contributed by atoms with Crippen molar-refractivity contribution in [1.29, 1.82) is 0 Å². The molecule has 1 aromatic heterocycles. The standard InChI is InChI=1S/C17H18N2O3S/c1-10(12-5-6-12)15(20)18-8-11-3-2-4-13(7-11)16-19-14(9-23-16)17(21)22/h2-4,7,9-10,12H,5-6,8H2,1H3,(H,18,20)(H,21,22). The molecule has 120 valence electrons. The van der Waals surface area contributed by atoms with Crippen molar-refractivity contribution in [2.45, 2.75) is 26.3 Å². The van der Waals surface area contributed by atoms with Gasteiger partial charge in [0.2, 0.25) is 5.91 Å². The zero-order chi connectivity index (χ0) is 16.4. The molecular formula is C17H18N2O3S. The first kappa shape index (κ1) is 15.7. The van der Waals surface area contributed by atoms with Crippen molar-refractivity contribution >= 4 is 23.2 Å². The van der Waals surface area contributed by atoms with E-state index in [0.29, 0.717) is 17.5 Å². The number of amides is 1. The van der Waals surface area contributed by atoms with Crippen LogP contribution in [0, 0.1) is 11.8 Å². The number of carboxylic acid groups (broad SMARTS) is 1. The number of aromatic carboxylic acids is 1. The van der Waals surface area contributed by atoms with E-state index in [0.717, 1.165) is 24.0 Å². The second-order valence-corrected chi connectivity index (χ2v) is 6.75. The van der Waals surface area contributed by atoms with Gasteiger partial charge in [-0.05, 0) is 30.4 Å². The summed E-state index contributed by atoms with van der Waals surface area (Å²) in [5.74, 6) is -0.299. The third-order valence-electron chi connectivity index (χ3n) is 4.11. The predicted molar refractivity (Wildman–Crippen MR) is 88.2 cm³/mol. The van der Waals surface area contributed by atoms with Crippen molar-refractivity contribution in [3.05, 3.63) is 40.9 Å². The van der Waals surface area contributed by atoms with Crippen LogP contribution in [0.4, 0.5) is 0 Å². The molecule has 0 radical (unpaired) electrons. The Labute approximate surface area is 138 Å². The second-order valence-electron chi connectivity index (χ2n) is 5.89. The SMILES string of the molecule is CC(C(=O)NCc1cccc(-c2nc(C(=O)O)cs2)c1)C1CC1. The predicted octanol–water partition coefficient (Wildman–Crippen LogP) is 3.17. The minimum Gasteiger partial charge on any atom is -0.476 e. The molecule has 0 saturated heterocycles. The average molecular weight is 330 g/mol. The summed E-state index contributed by atoms with van der Waals surface area (Å²) >= 11 is 1.30. The number of hydrogen-bond acceptors (Lipinski definition) is 4. The lowest BCUT2D eigenvalue weighted by atomic mass is 10.1. The van der Waals surface area contributed by atoms with Crippen LogP contribution in [-0.2, 0) is 11.3 Å². The maximum Gasteiger partial charge on any atom is 0.355 e. The minimum absolute atomic E-state index is 0.0574. The second kappa shape index (κ2) is 6.50. The molecule has 1 amide bonds. The summed E-state index contributed by atoms with van der Waals surface area (Å²) < 4.78 is 0. The number of aromatic nitrogens is 1. The Morgan fingerprint density at radius 1 is 1.43 bits per heavy atom. The lowest BCUT2D eigenvalue weighted by Gasteiger charge is -2.11. The van der Waals surface area contributed by atoms with Crippen LogP contribution >= 0.6 is 11.3 Å². The average Bonchev–Trinajstić information content (AvgIpc) is 3.28. The first-order valence-electron chi connectivity index (χ1n) is 7.60. The van der Waals surface area contributed by atoms with Crippen LogP contribution in [-0.4, -0.2) is 22.0 Å². The molecule has 1 aromatic carbocycles. The first-order chi connectivity index (χ1) is 11.0. The van der Waals surface area contributed by atoms with Gasteiger partial charge in [-0.15, -0.1) is 11.3 Å². The van der Waals surface area contributed by atoms with Gasteiger partial charge in [-0.25, -0.2) is 9.78 Å². The van der Waals surface area contributed by atoms with Crippen molar-refractivity contribution < 1.29 is 14.7 Å². The van der Waals surface area contributed by atoms with E-state index in [-0.39, 0.29) is 17.5 Å². The molecule has 1 saturated carbocycles. The van der Waals surface area contributed by atoms with E-state index >= 15 is 0 Å². The van der Waals surface area contributed by atoms with Crippen molar-refractivity contribution in [2.75, 3.05) is 0 Å². The summed E-state index contributed by atoms with van der Waals surface area (Å²) in [6.07, 6.45) is 2.31. The molecule has 1 aliphatic carbocycles. The van der Waals surface area contributed by atoms with E-state index in [1.807, 2.05) is 31.2 Å². The molecule has 2 aromatic rings. The van der Waals surface area contributed by atoms with Crippen LogP contribution < -0.4 is 5.32 Å². The van der Waals surface area contributed by atoms with Crippen LogP contribution in [0.15, 0.2) is 29.6 Å². The summed E-state index contributed by atoms with van der Waals surface area (Å²) in [4.78, 5) is 27.1. The Morgan fingerprint density at radius 2 is 2.22 bits per heavy atom. The Bertz CT molecular complexity index is 737. The van der Waals surface area contributed by atoms with E-state index in [1.54, 1.807) is 0 Å². The van der Waals surface area contributed by atoms with Gasteiger partial charge in [0.15, 0.2) is 5.69 Å². The highest BCUT2D eigenvalue weighted by atomic mass is 32.1. The van der Waals surface area contributed by atoms with E-state index in [4.69, 9.17) is 5.11 Å². The normalized spacial score (nSPS) is 15.2. The van der Waals surface area contributed by atoms with E-state index in [2.05, 4.69) is 10.3 Å². The number of thiazole rings is 1. The summed E-state index contributed by atoms with van der Waals surface area (Å²) in [5, 5.41) is 14.1. The quantitative estimate of drug-likeness (QED) is 0.852. The zero-order valence-electron chi connectivity index (χ0n) is 12.8. The third-order valence-corrected chi connectivity index (χ3v) is 5.00. The van der Waals surface area contributed by atoms with E-state index in [1.165, 1.54) is 16.7 Å². The van der Waals surface area contributed by atoms with Crippen LogP contribution in [0.1, 0.15) is 35.8 Å². The molecular weight excluding hydrogens is 312 g/mol. The highest BCUT2D eigenvalue weighted by Crippen LogP contribution is 2.36. The van der Waals surface area contributed by atoms with Crippen LogP contribution in [0.2, 0.25) is 0 Å². The third kappa shape index (κ3) is 3.76. The van der Waals surface area contributed by atoms with Crippen molar-refractivity contribution in [3.8, 4) is 10.6 Å². The van der Waals surface area contributed by atoms with Crippen LogP contribution in [0.3, 0.4) is 0 Å². The molecule has 5 nitrogen and oxygen atoms in total. The zero-order valence-corrected chi connectivity index (χ0v) is 13.6.